The van der Waals surface area contributed by atoms with Gasteiger partial charge < -0.3 is 19.9 Å². The number of benzene rings is 3. The molecule has 0 saturated carbocycles. The van der Waals surface area contributed by atoms with Crippen LogP contribution in [0.5, 0.6) is 11.5 Å². The van der Waals surface area contributed by atoms with Crippen molar-refractivity contribution in [2.24, 2.45) is 0 Å². The Labute approximate surface area is 228 Å². The summed E-state index contributed by atoms with van der Waals surface area (Å²) in [7, 11) is 3.77. The molecule has 0 spiro atoms. The van der Waals surface area contributed by atoms with E-state index in [1.54, 1.807) is 7.11 Å². The molecule has 0 bridgehead atoms. The molecule has 0 aliphatic rings. The van der Waals surface area contributed by atoms with Crippen molar-refractivity contribution in [2.45, 2.75) is 38.0 Å². The van der Waals surface area contributed by atoms with Gasteiger partial charge in [0.25, 0.3) is 0 Å². The van der Waals surface area contributed by atoms with Crippen LogP contribution in [-0.4, -0.2) is 55.5 Å². The number of para-hydroxylation sites is 2. The Morgan fingerprint density at radius 2 is 1.28 bits per heavy atom. The normalized spacial score (nSPS) is 12.3. The Morgan fingerprint density at radius 1 is 0.806 bits per heavy atom. The topological polar surface area (TPSA) is 54.0 Å². The zero-order valence-electron chi connectivity index (χ0n) is 21.8. The van der Waals surface area contributed by atoms with Gasteiger partial charge in [0.05, 0.1) is 12.6 Å². The van der Waals surface area contributed by atoms with Crippen molar-refractivity contribution < 1.29 is 14.6 Å². The zero-order valence-corrected chi connectivity index (χ0v) is 23.4. The summed E-state index contributed by atoms with van der Waals surface area (Å²) in [5.74, 6) is 1.29. The number of aliphatic hydroxyl groups is 1. The maximum atomic E-state index is 10.5. The molecular weight excluding hydrogens is 495 g/mol. The van der Waals surface area contributed by atoms with Crippen molar-refractivity contribution in [2.75, 3.05) is 33.9 Å². The molecule has 0 amide bonds. The molecule has 0 saturated heterocycles. The number of halogens is 2. The highest BCUT2D eigenvalue weighted by atomic mass is 35.5. The Balaban J connectivity index is 0.00000324. The van der Waals surface area contributed by atoms with E-state index < -0.39 is 6.10 Å². The lowest BCUT2D eigenvalue weighted by atomic mass is 9.82. The van der Waals surface area contributed by atoms with Gasteiger partial charge in [-0.3, -0.25) is 4.90 Å². The van der Waals surface area contributed by atoms with Crippen LogP contribution in [0, 0.1) is 0 Å². The molecule has 1 atom stereocenters. The molecule has 36 heavy (non-hydrogen) atoms. The quantitative estimate of drug-likeness (QED) is 0.319. The van der Waals surface area contributed by atoms with Crippen LogP contribution in [-0.2, 0) is 5.54 Å². The van der Waals surface area contributed by atoms with E-state index in [0.29, 0.717) is 18.0 Å². The van der Waals surface area contributed by atoms with E-state index in [1.165, 1.54) is 11.1 Å². The molecule has 7 heteroatoms. The zero-order chi connectivity index (χ0) is 24.6. The highest BCUT2D eigenvalue weighted by molar-refractivity contribution is 5.85. The minimum atomic E-state index is -0.649. The highest BCUT2D eigenvalue weighted by Gasteiger charge is 2.36. The number of nitrogens with one attached hydrogen (secondary N) is 1. The monoisotopic (exact) mass is 534 g/mol. The number of nitrogens with zero attached hydrogens (tertiary/aromatic N) is 1. The van der Waals surface area contributed by atoms with Gasteiger partial charge in [0.15, 0.2) is 11.5 Å². The summed E-state index contributed by atoms with van der Waals surface area (Å²) in [5.41, 5.74) is 1.94. The van der Waals surface area contributed by atoms with E-state index >= 15 is 0 Å². The van der Waals surface area contributed by atoms with E-state index in [4.69, 9.17) is 9.47 Å². The summed E-state index contributed by atoms with van der Waals surface area (Å²) < 4.78 is 11.1. The van der Waals surface area contributed by atoms with Crippen LogP contribution < -0.4 is 14.8 Å². The van der Waals surface area contributed by atoms with Gasteiger partial charge in [-0.1, -0.05) is 72.8 Å². The molecule has 3 rings (SSSR count). The Morgan fingerprint density at radius 3 is 1.78 bits per heavy atom. The van der Waals surface area contributed by atoms with Gasteiger partial charge in [-0.2, -0.15) is 0 Å². The highest BCUT2D eigenvalue weighted by Crippen LogP contribution is 2.35. The summed E-state index contributed by atoms with van der Waals surface area (Å²) in [6.07, 6.45) is -0.649. The van der Waals surface area contributed by atoms with E-state index in [0.717, 1.165) is 6.54 Å². The second kappa shape index (κ2) is 14.5. The van der Waals surface area contributed by atoms with Crippen molar-refractivity contribution in [1.29, 1.82) is 0 Å². The number of ether oxygens (including phenoxy) is 2. The van der Waals surface area contributed by atoms with Gasteiger partial charge in [-0.15, -0.1) is 24.8 Å². The molecule has 5 nitrogen and oxygen atoms in total. The standard InChI is InChI=1S/C29H38N2O3.2ClH/c1-28(2,30-20-25(32)21-34-27-19-13-12-18-26(27)33-5)22-31(4)29(3,23-14-8-6-9-15-23)24-16-10-7-11-17-24;;/h6-19,25,30,32H,20-22H2,1-5H3;2*1H. The van der Waals surface area contributed by atoms with E-state index in [9.17, 15) is 5.11 Å². The van der Waals surface area contributed by atoms with Crippen LogP contribution in [0.4, 0.5) is 0 Å². The lowest BCUT2D eigenvalue weighted by Crippen LogP contribution is -2.55. The SMILES string of the molecule is COc1ccccc1OCC(O)CNC(C)(C)CN(C)C(C)(c1ccccc1)c1ccccc1.Cl.Cl. The molecule has 0 radical (unpaired) electrons. The summed E-state index contributed by atoms with van der Waals surface area (Å²) in [5, 5.41) is 14.1. The van der Waals surface area contributed by atoms with Gasteiger partial charge in [0, 0.05) is 18.6 Å². The Kier molecular flexibility index (Phi) is 12.8. The largest absolute Gasteiger partial charge is 0.493 e. The minimum absolute atomic E-state index is 0. The summed E-state index contributed by atoms with van der Waals surface area (Å²) in [4.78, 5) is 2.38. The third-order valence-electron chi connectivity index (χ3n) is 6.38. The molecule has 0 aromatic heterocycles. The van der Waals surface area contributed by atoms with E-state index in [1.807, 2.05) is 24.3 Å². The lowest BCUT2D eigenvalue weighted by Gasteiger charge is -2.44. The van der Waals surface area contributed by atoms with Crippen molar-refractivity contribution in [3.8, 4) is 11.5 Å². The molecule has 1 unspecified atom stereocenters. The van der Waals surface area contributed by atoms with Crippen LogP contribution in [0.25, 0.3) is 0 Å². The Bertz CT molecular complexity index is 980. The molecule has 3 aromatic rings. The first-order chi connectivity index (χ1) is 16.3. The van der Waals surface area contributed by atoms with E-state index in [2.05, 4.69) is 98.7 Å². The first-order valence-electron chi connectivity index (χ1n) is 11.8. The van der Waals surface area contributed by atoms with Gasteiger partial charge in [0.1, 0.15) is 12.7 Å². The van der Waals surface area contributed by atoms with Gasteiger partial charge in [-0.05, 0) is 51.1 Å². The van der Waals surface area contributed by atoms with Gasteiger partial charge in [0.2, 0.25) is 0 Å². The minimum Gasteiger partial charge on any atom is -0.493 e. The number of rotatable bonds is 12. The van der Waals surface area contributed by atoms with E-state index in [-0.39, 0.29) is 42.5 Å². The van der Waals surface area contributed by atoms with Crippen LogP contribution in [0.1, 0.15) is 31.9 Å². The smallest absolute Gasteiger partial charge is 0.161 e. The Hall–Kier alpha value is -2.28. The number of aliphatic hydroxyl groups excluding tert-OH is 1. The average molecular weight is 536 g/mol. The fourth-order valence-electron chi connectivity index (χ4n) is 4.32. The number of hydrogen-bond donors (Lipinski definition) is 2. The first-order valence-corrected chi connectivity index (χ1v) is 11.8. The maximum absolute atomic E-state index is 10.5. The number of hydrogen-bond acceptors (Lipinski definition) is 5. The molecule has 0 aliphatic heterocycles. The number of likely N-dealkylation sites (N-methyl/N-ethyl adjacent to an activating group) is 1. The third-order valence-corrected chi connectivity index (χ3v) is 6.38. The molecule has 2 N–H and O–H groups in total. The van der Waals surface area contributed by atoms with Crippen LogP contribution >= 0.6 is 24.8 Å². The fraction of sp³-hybridized carbons (Fsp3) is 0.379. The van der Waals surface area contributed by atoms with Gasteiger partial charge >= 0.3 is 0 Å². The third kappa shape index (κ3) is 8.12. The van der Waals surface area contributed by atoms with Crippen LogP contribution in [0.3, 0.4) is 0 Å². The summed E-state index contributed by atoms with van der Waals surface area (Å²) in [6, 6.07) is 28.6. The number of β-amino-alcohol motifs (C(OH)–C–C–N with tert-alkyl or cyclic N) is 1. The van der Waals surface area contributed by atoms with Crippen molar-refractivity contribution in [3.05, 3.63) is 96.1 Å². The maximum Gasteiger partial charge on any atom is 0.161 e. The molecule has 198 valence electrons. The second-order valence-corrected chi connectivity index (χ2v) is 9.54. The fourth-order valence-corrected chi connectivity index (χ4v) is 4.32. The lowest BCUT2D eigenvalue weighted by molar-refractivity contribution is 0.0852. The second-order valence-electron chi connectivity index (χ2n) is 9.54. The van der Waals surface area contributed by atoms with Crippen LogP contribution in [0.15, 0.2) is 84.9 Å². The molecule has 0 aliphatic carbocycles. The summed E-state index contributed by atoms with van der Waals surface area (Å²) in [6.45, 7) is 7.97. The van der Waals surface area contributed by atoms with Gasteiger partial charge in [-0.25, -0.2) is 0 Å². The number of methoxy groups -OCH3 is 1. The predicted molar refractivity (Wildman–Crippen MR) is 153 cm³/mol. The van der Waals surface area contributed by atoms with Crippen LogP contribution in [0.2, 0.25) is 0 Å². The van der Waals surface area contributed by atoms with Crippen molar-refractivity contribution in [1.82, 2.24) is 10.2 Å². The molecular formula is C29H40Cl2N2O3. The first kappa shape index (κ1) is 31.7. The average Bonchev–Trinajstić information content (AvgIpc) is 2.86. The predicted octanol–water partition coefficient (Wildman–Crippen LogP) is 5.54. The molecule has 3 aromatic carbocycles. The van der Waals surface area contributed by atoms with Crippen molar-refractivity contribution >= 4 is 24.8 Å². The molecule has 0 fully saturated rings. The van der Waals surface area contributed by atoms with Crippen molar-refractivity contribution in [3.63, 3.8) is 0 Å². The molecule has 0 heterocycles. The summed E-state index contributed by atoms with van der Waals surface area (Å²) >= 11 is 0.